The molecule has 0 amide bonds. The molecular weight excluding hydrogens is 541 g/mol. The first-order chi connectivity index (χ1) is 20.7. The van der Waals surface area contributed by atoms with Crippen LogP contribution in [0, 0.1) is 18.3 Å². The SMILES string of the molecule is C=C(F)C(=C)N1CCN(c2nc(OCC3CCCN3C)nc3c2CCN(c2cccc(C)c2/C(C)=C\C)C3)CC1CC#N. The maximum absolute atomic E-state index is 14.1. The molecule has 0 N–H and O–H groups in total. The van der Waals surface area contributed by atoms with Crippen LogP contribution in [0.25, 0.3) is 5.57 Å². The molecule has 0 bridgehead atoms. The van der Waals surface area contributed by atoms with Gasteiger partial charge in [-0.15, -0.1) is 0 Å². The van der Waals surface area contributed by atoms with Gasteiger partial charge in [-0.2, -0.15) is 15.2 Å². The van der Waals surface area contributed by atoms with E-state index in [4.69, 9.17) is 14.7 Å². The molecule has 3 aliphatic heterocycles. The minimum Gasteiger partial charge on any atom is -0.462 e. The van der Waals surface area contributed by atoms with Crippen LogP contribution in [-0.4, -0.2) is 78.2 Å². The van der Waals surface area contributed by atoms with Gasteiger partial charge in [-0.05, 0) is 70.8 Å². The lowest BCUT2D eigenvalue weighted by molar-refractivity contribution is 0.187. The van der Waals surface area contributed by atoms with E-state index in [9.17, 15) is 9.65 Å². The lowest BCUT2D eigenvalue weighted by Gasteiger charge is -2.44. The number of piperazine rings is 1. The number of benzene rings is 1. The van der Waals surface area contributed by atoms with Gasteiger partial charge in [0, 0.05) is 49.0 Å². The zero-order chi connectivity index (χ0) is 30.7. The number of aromatic nitrogens is 2. The number of fused-ring (bicyclic) bond motifs is 1. The van der Waals surface area contributed by atoms with Crippen molar-refractivity contribution in [3.63, 3.8) is 0 Å². The molecule has 2 saturated heterocycles. The number of hydrogen-bond acceptors (Lipinski definition) is 8. The van der Waals surface area contributed by atoms with Gasteiger partial charge in [-0.25, -0.2) is 4.39 Å². The van der Waals surface area contributed by atoms with Crippen molar-refractivity contribution in [3.8, 4) is 12.1 Å². The molecule has 0 saturated carbocycles. The number of aryl methyl sites for hydroxylation is 1. The molecule has 5 rings (SSSR count). The fourth-order valence-corrected chi connectivity index (χ4v) is 6.69. The second-order valence-electron chi connectivity index (χ2n) is 12.0. The van der Waals surface area contributed by atoms with E-state index in [1.165, 1.54) is 28.8 Å². The Labute approximate surface area is 255 Å². The number of allylic oxidation sites excluding steroid dienone is 3. The van der Waals surface area contributed by atoms with Gasteiger partial charge in [0.1, 0.15) is 18.3 Å². The van der Waals surface area contributed by atoms with Crippen molar-refractivity contribution in [2.75, 3.05) is 56.2 Å². The summed E-state index contributed by atoms with van der Waals surface area (Å²) in [6, 6.07) is 9.29. The molecule has 0 radical (unpaired) electrons. The molecule has 228 valence electrons. The zero-order valence-electron chi connectivity index (χ0n) is 26.1. The van der Waals surface area contributed by atoms with Crippen LogP contribution < -0.4 is 14.5 Å². The zero-order valence-corrected chi connectivity index (χ0v) is 26.1. The van der Waals surface area contributed by atoms with Crippen LogP contribution in [0.3, 0.4) is 0 Å². The fraction of sp³-hybridized carbons (Fsp3) is 0.500. The summed E-state index contributed by atoms with van der Waals surface area (Å²) in [5, 5.41) is 9.58. The molecule has 2 aromatic rings. The molecule has 3 aliphatic rings. The van der Waals surface area contributed by atoms with Crippen molar-refractivity contribution in [2.45, 2.75) is 65.1 Å². The molecule has 1 aromatic carbocycles. The fourth-order valence-electron chi connectivity index (χ4n) is 6.69. The summed E-state index contributed by atoms with van der Waals surface area (Å²) in [6.45, 7) is 18.5. The lowest BCUT2D eigenvalue weighted by Crippen LogP contribution is -2.53. The van der Waals surface area contributed by atoms with E-state index in [0.717, 1.165) is 43.0 Å². The topological polar surface area (TPSA) is 71.8 Å². The minimum atomic E-state index is -0.563. The molecule has 0 aliphatic carbocycles. The van der Waals surface area contributed by atoms with E-state index in [1.54, 1.807) is 0 Å². The Morgan fingerprint density at radius 1 is 1.16 bits per heavy atom. The van der Waals surface area contributed by atoms with Gasteiger partial charge >= 0.3 is 6.01 Å². The van der Waals surface area contributed by atoms with E-state index < -0.39 is 5.83 Å². The van der Waals surface area contributed by atoms with Gasteiger partial charge in [0.05, 0.1) is 36.5 Å². The second-order valence-corrected chi connectivity index (χ2v) is 12.0. The van der Waals surface area contributed by atoms with Crippen LogP contribution in [0.2, 0.25) is 0 Å². The first-order valence-electron chi connectivity index (χ1n) is 15.3. The Bertz CT molecular complexity index is 1450. The van der Waals surface area contributed by atoms with Crippen molar-refractivity contribution < 1.29 is 9.13 Å². The van der Waals surface area contributed by atoms with Crippen LogP contribution in [0.5, 0.6) is 6.01 Å². The highest BCUT2D eigenvalue weighted by Gasteiger charge is 2.33. The Hall–Kier alpha value is -3.90. The summed E-state index contributed by atoms with van der Waals surface area (Å²) >= 11 is 0. The average Bonchev–Trinajstić information content (AvgIpc) is 3.42. The lowest BCUT2D eigenvalue weighted by atomic mass is 9.96. The van der Waals surface area contributed by atoms with Crippen molar-refractivity contribution in [2.24, 2.45) is 0 Å². The second kappa shape index (κ2) is 13.2. The van der Waals surface area contributed by atoms with Crippen LogP contribution in [0.1, 0.15) is 55.5 Å². The Morgan fingerprint density at radius 3 is 2.67 bits per heavy atom. The first kappa shape index (κ1) is 30.6. The van der Waals surface area contributed by atoms with Gasteiger partial charge in [0.25, 0.3) is 0 Å². The van der Waals surface area contributed by atoms with E-state index in [-0.39, 0.29) is 18.2 Å². The molecule has 8 nitrogen and oxygen atoms in total. The third-order valence-corrected chi connectivity index (χ3v) is 9.29. The Kier molecular flexibility index (Phi) is 9.36. The van der Waals surface area contributed by atoms with Gasteiger partial charge in [0.15, 0.2) is 0 Å². The van der Waals surface area contributed by atoms with Crippen LogP contribution in [-0.2, 0) is 13.0 Å². The number of likely N-dealkylation sites (N-methyl/N-ethyl adjacent to an activating group) is 1. The van der Waals surface area contributed by atoms with Crippen LogP contribution >= 0.6 is 0 Å². The van der Waals surface area contributed by atoms with E-state index in [1.807, 2.05) is 4.90 Å². The number of hydrogen-bond donors (Lipinski definition) is 0. The van der Waals surface area contributed by atoms with Gasteiger partial charge in [-0.3, -0.25) is 0 Å². The number of anilines is 2. The quantitative estimate of drug-likeness (QED) is 0.350. The highest BCUT2D eigenvalue weighted by molar-refractivity contribution is 5.78. The summed E-state index contributed by atoms with van der Waals surface area (Å²) in [6.07, 6.45) is 5.48. The molecule has 2 unspecified atom stereocenters. The van der Waals surface area contributed by atoms with Crippen molar-refractivity contribution in [1.29, 1.82) is 5.26 Å². The summed E-state index contributed by atoms with van der Waals surface area (Å²) in [5.74, 6) is 0.299. The number of nitrogens with zero attached hydrogens (tertiary/aromatic N) is 7. The predicted molar refractivity (Wildman–Crippen MR) is 171 cm³/mol. The first-order valence-corrected chi connectivity index (χ1v) is 15.3. The standard InChI is InChI=1S/C34H44FN7O/c1-7-23(2)32-24(3)10-8-12-31(32)40-17-14-29-30(21-40)37-34(43-22-28-11-9-16-39(28)6)38-33(29)41-18-19-42(26(5)25(4)35)27(20-41)13-15-36/h7-8,10,12,27-28H,4-5,9,11,13-14,16-22H2,1-3,6H3/b23-7-. The smallest absolute Gasteiger partial charge is 0.318 e. The number of halogens is 1. The van der Waals surface area contributed by atoms with Gasteiger partial charge in [0.2, 0.25) is 0 Å². The monoisotopic (exact) mass is 585 g/mol. The maximum Gasteiger partial charge on any atom is 0.318 e. The van der Waals surface area contributed by atoms with Gasteiger partial charge < -0.3 is 24.3 Å². The molecule has 2 atom stereocenters. The van der Waals surface area contributed by atoms with E-state index in [2.05, 4.69) is 86.0 Å². The number of likely N-dealkylation sites (tertiary alicyclic amines) is 1. The number of rotatable bonds is 9. The third-order valence-electron chi connectivity index (χ3n) is 9.29. The number of nitriles is 1. The normalized spacial score (nSPS) is 21.0. The largest absolute Gasteiger partial charge is 0.462 e. The van der Waals surface area contributed by atoms with Crippen LogP contribution in [0.15, 0.2) is 49.0 Å². The molecule has 0 spiro atoms. The molecule has 2 fully saturated rings. The summed E-state index contributed by atoms with van der Waals surface area (Å²) in [7, 11) is 2.14. The Morgan fingerprint density at radius 2 is 1.98 bits per heavy atom. The third kappa shape index (κ3) is 6.40. The van der Waals surface area contributed by atoms with Crippen molar-refractivity contribution >= 4 is 17.1 Å². The predicted octanol–water partition coefficient (Wildman–Crippen LogP) is 5.65. The van der Waals surface area contributed by atoms with Gasteiger partial charge in [-0.1, -0.05) is 31.4 Å². The Balaban J connectivity index is 1.49. The van der Waals surface area contributed by atoms with Crippen molar-refractivity contribution in [1.82, 2.24) is 19.8 Å². The average molecular weight is 586 g/mol. The summed E-state index contributed by atoms with van der Waals surface area (Å²) in [5.41, 5.74) is 7.33. The molecular formula is C34H44FN7O. The number of ether oxygens (including phenoxy) is 1. The van der Waals surface area contributed by atoms with Crippen molar-refractivity contribution in [3.05, 3.63) is 71.3 Å². The van der Waals surface area contributed by atoms with Crippen LogP contribution in [0.4, 0.5) is 15.9 Å². The molecule has 1 aromatic heterocycles. The highest BCUT2D eigenvalue weighted by Crippen LogP contribution is 2.36. The highest BCUT2D eigenvalue weighted by atomic mass is 19.1. The minimum absolute atomic E-state index is 0.223. The summed E-state index contributed by atoms with van der Waals surface area (Å²) < 4.78 is 20.4. The molecule has 4 heterocycles. The van der Waals surface area contributed by atoms with E-state index in [0.29, 0.717) is 44.8 Å². The molecule has 9 heteroatoms. The maximum atomic E-state index is 14.1. The molecule has 43 heavy (non-hydrogen) atoms. The summed E-state index contributed by atoms with van der Waals surface area (Å²) in [4.78, 5) is 18.8. The van der Waals surface area contributed by atoms with E-state index >= 15 is 0 Å².